The molecule has 2 rings (SSSR count). The summed E-state index contributed by atoms with van der Waals surface area (Å²) < 4.78 is 0. The molecule has 1 fully saturated rings. The van der Waals surface area contributed by atoms with Crippen LogP contribution in [0.1, 0.15) is 17.7 Å². The van der Waals surface area contributed by atoms with Crippen LogP contribution in [-0.2, 0) is 11.2 Å². The van der Waals surface area contributed by atoms with Gasteiger partial charge in [0.1, 0.15) is 0 Å². The van der Waals surface area contributed by atoms with E-state index < -0.39 is 36.1 Å². The summed E-state index contributed by atoms with van der Waals surface area (Å²) in [5, 5.41) is 40.5. The number of thiophene rings is 1. The molecule has 1 aliphatic carbocycles. The fourth-order valence-corrected chi connectivity index (χ4v) is 3.58. The Morgan fingerprint density at radius 2 is 2.19 bits per heavy atom. The first-order valence-electron chi connectivity index (χ1n) is 6.94. The van der Waals surface area contributed by atoms with Crippen LogP contribution in [0.2, 0.25) is 0 Å². The number of carboxylic acid groups (broad SMARTS) is 1. The smallest absolute Gasteiger partial charge is 0.303 e. The van der Waals surface area contributed by atoms with Gasteiger partial charge in [0.05, 0.1) is 24.7 Å². The second-order valence-corrected chi connectivity index (χ2v) is 6.48. The van der Waals surface area contributed by atoms with Gasteiger partial charge in [-0.25, -0.2) is 0 Å². The minimum atomic E-state index is -0.995. The molecule has 1 aromatic rings. The standard InChI is InChI=1S/C15H20O5S/c16-9(6-10-2-1-5-21-10)3-4-11-12(7-15(19)20)14(18)8-13(11)17/h1-5,9,11-14,16-18H,6-8H2,(H,19,20). The summed E-state index contributed by atoms with van der Waals surface area (Å²) in [6, 6.07) is 3.85. The Kier molecular flexibility index (Phi) is 5.52. The Bertz CT molecular complexity index is 484. The summed E-state index contributed by atoms with van der Waals surface area (Å²) in [4.78, 5) is 11.9. The quantitative estimate of drug-likeness (QED) is 0.588. The van der Waals surface area contributed by atoms with Gasteiger partial charge in [-0.05, 0) is 11.4 Å². The zero-order valence-electron chi connectivity index (χ0n) is 11.5. The van der Waals surface area contributed by atoms with Crippen molar-refractivity contribution in [1.82, 2.24) is 0 Å². The van der Waals surface area contributed by atoms with Crippen molar-refractivity contribution in [3.63, 3.8) is 0 Å². The molecule has 0 spiro atoms. The highest BCUT2D eigenvalue weighted by atomic mass is 32.1. The monoisotopic (exact) mass is 312 g/mol. The molecule has 0 saturated heterocycles. The molecule has 5 nitrogen and oxygen atoms in total. The average molecular weight is 312 g/mol. The lowest BCUT2D eigenvalue weighted by Crippen LogP contribution is -2.23. The first kappa shape index (κ1) is 16.2. The minimum Gasteiger partial charge on any atom is -0.481 e. The Hall–Kier alpha value is -1.21. The largest absolute Gasteiger partial charge is 0.481 e. The number of carboxylic acids is 1. The lowest BCUT2D eigenvalue weighted by molar-refractivity contribution is -0.139. The topological polar surface area (TPSA) is 98.0 Å². The van der Waals surface area contributed by atoms with E-state index in [4.69, 9.17) is 5.11 Å². The molecular weight excluding hydrogens is 292 g/mol. The van der Waals surface area contributed by atoms with Crippen molar-refractivity contribution in [2.45, 2.75) is 37.6 Å². The maximum absolute atomic E-state index is 10.8. The summed E-state index contributed by atoms with van der Waals surface area (Å²) in [5.41, 5.74) is 0. The Morgan fingerprint density at radius 3 is 2.81 bits per heavy atom. The van der Waals surface area contributed by atoms with Gasteiger partial charge in [-0.2, -0.15) is 0 Å². The second-order valence-electron chi connectivity index (χ2n) is 5.45. The SMILES string of the molecule is O=C(O)CC1C(O)CC(O)C1C=CC(O)Cc1cccs1. The molecule has 1 heterocycles. The second kappa shape index (κ2) is 7.17. The molecule has 0 aliphatic heterocycles. The number of aliphatic carboxylic acids is 1. The van der Waals surface area contributed by atoms with Gasteiger partial charge in [-0.1, -0.05) is 18.2 Å². The molecule has 1 saturated carbocycles. The summed E-state index contributed by atoms with van der Waals surface area (Å²) in [6.07, 6.45) is 1.44. The van der Waals surface area contributed by atoms with Gasteiger partial charge in [0.15, 0.2) is 0 Å². The van der Waals surface area contributed by atoms with E-state index >= 15 is 0 Å². The van der Waals surface area contributed by atoms with Crippen LogP contribution in [-0.4, -0.2) is 44.7 Å². The number of rotatable bonds is 6. The number of hydrogen-bond donors (Lipinski definition) is 4. The molecule has 1 aromatic heterocycles. The number of carbonyl (C=O) groups is 1. The van der Waals surface area contributed by atoms with Gasteiger partial charge in [-0.15, -0.1) is 11.3 Å². The van der Waals surface area contributed by atoms with E-state index in [1.807, 2.05) is 17.5 Å². The summed E-state index contributed by atoms with van der Waals surface area (Å²) >= 11 is 1.56. The first-order valence-corrected chi connectivity index (χ1v) is 7.82. The fraction of sp³-hybridized carbons (Fsp3) is 0.533. The van der Waals surface area contributed by atoms with Crippen molar-refractivity contribution >= 4 is 17.3 Å². The highest BCUT2D eigenvalue weighted by Gasteiger charge is 2.41. The van der Waals surface area contributed by atoms with E-state index in [-0.39, 0.29) is 12.8 Å². The molecule has 21 heavy (non-hydrogen) atoms. The first-order chi connectivity index (χ1) is 9.97. The van der Waals surface area contributed by atoms with Crippen molar-refractivity contribution < 1.29 is 25.2 Å². The number of aliphatic hydroxyl groups is 3. The summed E-state index contributed by atoms with van der Waals surface area (Å²) in [6.45, 7) is 0. The van der Waals surface area contributed by atoms with Crippen LogP contribution in [0.3, 0.4) is 0 Å². The van der Waals surface area contributed by atoms with Crippen LogP contribution < -0.4 is 0 Å². The van der Waals surface area contributed by atoms with Crippen LogP contribution >= 0.6 is 11.3 Å². The van der Waals surface area contributed by atoms with Crippen molar-refractivity contribution in [2.24, 2.45) is 11.8 Å². The van der Waals surface area contributed by atoms with E-state index in [9.17, 15) is 20.1 Å². The highest BCUT2D eigenvalue weighted by molar-refractivity contribution is 7.09. The van der Waals surface area contributed by atoms with Crippen LogP contribution in [0.15, 0.2) is 29.7 Å². The van der Waals surface area contributed by atoms with Crippen LogP contribution in [0, 0.1) is 11.8 Å². The van der Waals surface area contributed by atoms with Gasteiger partial charge < -0.3 is 20.4 Å². The Balaban J connectivity index is 1.98. The number of aliphatic hydroxyl groups excluding tert-OH is 3. The maximum atomic E-state index is 10.8. The molecule has 0 amide bonds. The van der Waals surface area contributed by atoms with Gasteiger partial charge in [0.25, 0.3) is 0 Å². The van der Waals surface area contributed by atoms with Crippen LogP contribution in [0.5, 0.6) is 0 Å². The molecule has 116 valence electrons. The third-order valence-corrected chi connectivity index (χ3v) is 4.77. The zero-order valence-corrected chi connectivity index (χ0v) is 12.3. The van der Waals surface area contributed by atoms with E-state index in [0.29, 0.717) is 6.42 Å². The minimum absolute atomic E-state index is 0.175. The van der Waals surface area contributed by atoms with Gasteiger partial charge in [-0.3, -0.25) is 4.79 Å². The van der Waals surface area contributed by atoms with Crippen molar-refractivity contribution in [3.05, 3.63) is 34.5 Å². The predicted molar refractivity (Wildman–Crippen MR) is 79.0 cm³/mol. The maximum Gasteiger partial charge on any atom is 0.303 e. The lowest BCUT2D eigenvalue weighted by Gasteiger charge is -2.19. The Labute approximate surface area is 127 Å². The summed E-state index contributed by atoms with van der Waals surface area (Å²) in [5.74, 6) is -1.94. The molecule has 0 aromatic carbocycles. The summed E-state index contributed by atoms with van der Waals surface area (Å²) in [7, 11) is 0. The van der Waals surface area contributed by atoms with Gasteiger partial charge >= 0.3 is 5.97 Å². The number of hydrogen-bond acceptors (Lipinski definition) is 5. The molecule has 0 bridgehead atoms. The van der Waals surface area contributed by atoms with Crippen LogP contribution in [0.4, 0.5) is 0 Å². The van der Waals surface area contributed by atoms with Crippen molar-refractivity contribution in [1.29, 1.82) is 0 Å². The molecular formula is C15H20O5S. The Morgan fingerprint density at radius 1 is 1.43 bits per heavy atom. The molecule has 1 aliphatic rings. The van der Waals surface area contributed by atoms with E-state index in [1.54, 1.807) is 23.5 Å². The molecule has 4 N–H and O–H groups in total. The average Bonchev–Trinajstić information content (AvgIpc) is 2.97. The third kappa shape index (κ3) is 4.38. The molecule has 0 radical (unpaired) electrons. The van der Waals surface area contributed by atoms with E-state index in [1.165, 1.54) is 0 Å². The molecule has 6 heteroatoms. The molecule has 5 atom stereocenters. The van der Waals surface area contributed by atoms with Crippen molar-refractivity contribution in [3.8, 4) is 0 Å². The van der Waals surface area contributed by atoms with E-state index in [0.717, 1.165) is 4.88 Å². The van der Waals surface area contributed by atoms with Crippen LogP contribution in [0.25, 0.3) is 0 Å². The van der Waals surface area contributed by atoms with Crippen molar-refractivity contribution in [2.75, 3.05) is 0 Å². The normalized spacial score (nSPS) is 30.8. The molecule has 5 unspecified atom stereocenters. The van der Waals surface area contributed by atoms with Gasteiger partial charge in [0.2, 0.25) is 0 Å². The predicted octanol–water partition coefficient (Wildman–Crippen LogP) is 1.04. The highest BCUT2D eigenvalue weighted by Crippen LogP contribution is 2.36. The third-order valence-electron chi connectivity index (χ3n) is 3.87. The lowest BCUT2D eigenvalue weighted by atomic mass is 9.90. The van der Waals surface area contributed by atoms with E-state index in [2.05, 4.69) is 0 Å². The fourth-order valence-electron chi connectivity index (χ4n) is 2.83. The van der Waals surface area contributed by atoms with Gasteiger partial charge in [0, 0.05) is 29.6 Å². The zero-order chi connectivity index (χ0) is 15.4.